The first-order chi connectivity index (χ1) is 19.6. The summed E-state index contributed by atoms with van der Waals surface area (Å²) in [6.45, 7) is 5.11. The van der Waals surface area contributed by atoms with Gasteiger partial charge in [-0.15, -0.1) is 0 Å². The van der Waals surface area contributed by atoms with Crippen molar-refractivity contribution in [1.29, 1.82) is 0 Å². The summed E-state index contributed by atoms with van der Waals surface area (Å²) in [5.74, 6) is 6.81. The monoisotopic (exact) mass is 561 g/mol. The average molecular weight is 562 g/mol. The molecule has 4 aromatic rings. The van der Waals surface area contributed by atoms with Crippen LogP contribution < -0.4 is 5.32 Å². The fourth-order valence-corrected chi connectivity index (χ4v) is 4.67. The van der Waals surface area contributed by atoms with Crippen molar-refractivity contribution in [2.24, 2.45) is 7.05 Å². The van der Waals surface area contributed by atoms with Crippen molar-refractivity contribution in [2.75, 3.05) is 38.5 Å². The largest absolute Gasteiger partial charge is 0.416 e. The van der Waals surface area contributed by atoms with Crippen LogP contribution in [0.15, 0.2) is 55.0 Å². The van der Waals surface area contributed by atoms with Crippen LogP contribution in [0.2, 0.25) is 0 Å². The van der Waals surface area contributed by atoms with Crippen molar-refractivity contribution >= 4 is 11.6 Å². The molecule has 2 N–H and O–H groups in total. The molecule has 0 atom stereocenters. The van der Waals surface area contributed by atoms with Crippen LogP contribution in [0.25, 0.3) is 11.6 Å². The minimum absolute atomic E-state index is 0.0802. The standard InChI is InChI=1S/C30H30F3N7O/c1-20-4-5-22(16-21(20)6-9-25-19-39(3)28(36-25)27-34-10-11-35-27)29(41)37-24-8-7-23(26(17-24)30(31,32)33)18-40-14-12-38(2)13-15-40/h4-5,7-8,10-11,16-17,19H,12-15,18H2,1-3H3,(H,34,35)(H,37,41). The predicted molar refractivity (Wildman–Crippen MR) is 150 cm³/mol. The number of carbonyl (C=O) groups is 1. The topological polar surface area (TPSA) is 82.1 Å². The Morgan fingerprint density at radius 2 is 1.85 bits per heavy atom. The molecule has 2 aromatic heterocycles. The molecule has 3 heterocycles. The normalized spacial score (nSPS) is 14.5. The number of aryl methyl sites for hydroxylation is 2. The Bertz CT molecular complexity index is 1610. The molecule has 0 saturated carbocycles. The Hall–Kier alpha value is -4.40. The van der Waals surface area contributed by atoms with Gasteiger partial charge in [-0.2, -0.15) is 13.2 Å². The van der Waals surface area contributed by atoms with Crippen molar-refractivity contribution in [2.45, 2.75) is 19.6 Å². The van der Waals surface area contributed by atoms with E-state index in [4.69, 9.17) is 0 Å². The summed E-state index contributed by atoms with van der Waals surface area (Å²) in [5.41, 5.74) is 1.81. The van der Waals surface area contributed by atoms with Crippen molar-refractivity contribution in [1.82, 2.24) is 29.3 Å². The van der Waals surface area contributed by atoms with Gasteiger partial charge in [-0.05, 0) is 55.3 Å². The molecular weight excluding hydrogens is 531 g/mol. The summed E-state index contributed by atoms with van der Waals surface area (Å²) in [6.07, 6.45) is 0.588. The molecule has 212 valence electrons. The van der Waals surface area contributed by atoms with Crippen LogP contribution in [0.4, 0.5) is 18.9 Å². The molecule has 1 aliphatic heterocycles. The molecule has 0 unspecified atom stereocenters. The van der Waals surface area contributed by atoms with E-state index < -0.39 is 17.6 Å². The van der Waals surface area contributed by atoms with E-state index in [1.807, 2.05) is 30.5 Å². The van der Waals surface area contributed by atoms with E-state index in [0.717, 1.165) is 24.7 Å². The second kappa shape index (κ2) is 11.6. The molecule has 5 rings (SSSR count). The lowest BCUT2D eigenvalue weighted by molar-refractivity contribution is -0.138. The van der Waals surface area contributed by atoms with Crippen LogP contribution >= 0.6 is 0 Å². The highest BCUT2D eigenvalue weighted by Gasteiger charge is 2.34. The highest BCUT2D eigenvalue weighted by molar-refractivity contribution is 6.04. The third kappa shape index (κ3) is 6.67. The van der Waals surface area contributed by atoms with Crippen LogP contribution in [0.1, 0.15) is 38.3 Å². The number of anilines is 1. The zero-order chi connectivity index (χ0) is 29.1. The van der Waals surface area contributed by atoms with Crippen LogP contribution in [-0.2, 0) is 19.8 Å². The second-order valence-corrected chi connectivity index (χ2v) is 10.2. The van der Waals surface area contributed by atoms with Crippen LogP contribution in [0.5, 0.6) is 0 Å². The molecule has 41 heavy (non-hydrogen) atoms. The van der Waals surface area contributed by atoms with Crippen molar-refractivity contribution < 1.29 is 18.0 Å². The van der Waals surface area contributed by atoms with Gasteiger partial charge in [0, 0.05) is 75.2 Å². The number of piperazine rings is 1. The van der Waals surface area contributed by atoms with E-state index in [1.54, 1.807) is 36.8 Å². The smallest absolute Gasteiger partial charge is 0.342 e. The molecule has 0 aliphatic carbocycles. The van der Waals surface area contributed by atoms with Crippen LogP contribution in [0, 0.1) is 18.8 Å². The Morgan fingerprint density at radius 1 is 1.07 bits per heavy atom. The Morgan fingerprint density at radius 3 is 2.56 bits per heavy atom. The number of nitrogens with one attached hydrogen (secondary N) is 2. The number of alkyl halides is 3. The number of halogens is 3. The van der Waals surface area contributed by atoms with E-state index in [9.17, 15) is 18.0 Å². The summed E-state index contributed by atoms with van der Waals surface area (Å²) in [4.78, 5) is 28.9. The zero-order valence-corrected chi connectivity index (χ0v) is 23.0. The molecule has 1 fully saturated rings. The second-order valence-electron chi connectivity index (χ2n) is 10.2. The maximum atomic E-state index is 14.0. The van der Waals surface area contributed by atoms with Gasteiger partial charge in [0.05, 0.1) is 5.56 Å². The number of H-pyrrole nitrogens is 1. The Labute approximate surface area is 236 Å². The predicted octanol–water partition coefficient (Wildman–Crippen LogP) is 4.54. The lowest BCUT2D eigenvalue weighted by Gasteiger charge is -2.33. The number of nitrogens with zero attached hydrogens (tertiary/aromatic N) is 5. The molecular formula is C30H30F3N7O. The molecule has 0 radical (unpaired) electrons. The highest BCUT2D eigenvalue weighted by Crippen LogP contribution is 2.34. The molecule has 2 aromatic carbocycles. The SMILES string of the molecule is Cc1ccc(C(=O)Nc2ccc(CN3CCN(C)CC3)c(C(F)(F)F)c2)cc1C#Cc1cn(C)c(-c2ncc[nH]2)n1. The van der Waals surface area contributed by atoms with Crippen LogP contribution in [-0.4, -0.2) is 68.5 Å². The summed E-state index contributed by atoms with van der Waals surface area (Å²) < 4.78 is 43.7. The van der Waals surface area contributed by atoms with Gasteiger partial charge in [-0.3, -0.25) is 9.69 Å². The molecule has 8 nitrogen and oxygen atoms in total. The van der Waals surface area contributed by atoms with Crippen molar-refractivity contribution in [3.05, 3.63) is 88.5 Å². The van der Waals surface area contributed by atoms with Gasteiger partial charge in [-0.1, -0.05) is 18.1 Å². The number of hydrogen-bond donors (Lipinski definition) is 2. The van der Waals surface area contributed by atoms with E-state index in [0.29, 0.717) is 36.0 Å². The van der Waals surface area contributed by atoms with Gasteiger partial charge < -0.3 is 19.8 Å². The van der Waals surface area contributed by atoms with Crippen LogP contribution in [0.3, 0.4) is 0 Å². The summed E-state index contributed by atoms with van der Waals surface area (Å²) in [5, 5.41) is 2.62. The fraction of sp³-hybridized carbons (Fsp3) is 0.300. The highest BCUT2D eigenvalue weighted by atomic mass is 19.4. The van der Waals surface area contributed by atoms with Gasteiger partial charge in [0.1, 0.15) is 5.69 Å². The zero-order valence-electron chi connectivity index (χ0n) is 23.0. The van der Waals surface area contributed by atoms with Gasteiger partial charge >= 0.3 is 6.18 Å². The minimum atomic E-state index is -4.54. The first-order valence-corrected chi connectivity index (χ1v) is 13.1. The van der Waals surface area contributed by atoms with Gasteiger partial charge in [0.25, 0.3) is 5.91 Å². The van der Waals surface area contributed by atoms with Crippen molar-refractivity contribution in [3.8, 4) is 23.5 Å². The van der Waals surface area contributed by atoms with E-state index in [-0.39, 0.29) is 23.4 Å². The minimum Gasteiger partial charge on any atom is -0.342 e. The summed E-state index contributed by atoms with van der Waals surface area (Å²) >= 11 is 0. The van der Waals surface area contributed by atoms with Gasteiger partial charge in [-0.25, -0.2) is 9.97 Å². The molecule has 1 aliphatic rings. The number of benzene rings is 2. The third-order valence-electron chi connectivity index (χ3n) is 7.07. The number of amides is 1. The van der Waals surface area contributed by atoms with E-state index >= 15 is 0 Å². The maximum absolute atomic E-state index is 14.0. The summed E-state index contributed by atoms with van der Waals surface area (Å²) in [6, 6.07) is 8.98. The van der Waals surface area contributed by atoms with Crippen molar-refractivity contribution in [3.63, 3.8) is 0 Å². The molecule has 11 heteroatoms. The average Bonchev–Trinajstić information content (AvgIpc) is 3.59. The number of aromatic nitrogens is 4. The Balaban J connectivity index is 1.33. The van der Waals surface area contributed by atoms with Gasteiger partial charge in [0.2, 0.25) is 0 Å². The molecule has 0 bridgehead atoms. The Kier molecular flexibility index (Phi) is 7.97. The number of rotatable bonds is 5. The number of likely N-dealkylation sites (N-methyl/N-ethyl adjacent to an activating group) is 1. The molecule has 1 amide bonds. The third-order valence-corrected chi connectivity index (χ3v) is 7.07. The van der Waals surface area contributed by atoms with E-state index in [2.05, 4.69) is 37.0 Å². The quantitative estimate of drug-likeness (QED) is 0.350. The first-order valence-electron chi connectivity index (χ1n) is 13.1. The lowest BCUT2D eigenvalue weighted by Crippen LogP contribution is -2.44. The fourth-order valence-electron chi connectivity index (χ4n) is 4.67. The lowest BCUT2D eigenvalue weighted by atomic mass is 10.0. The molecule has 0 spiro atoms. The van der Waals surface area contributed by atoms with Gasteiger partial charge in [0.15, 0.2) is 11.6 Å². The first kappa shape index (κ1) is 28.1. The number of carbonyl (C=O) groups excluding carboxylic acids is 1. The number of hydrogen-bond acceptors (Lipinski definition) is 5. The summed E-state index contributed by atoms with van der Waals surface area (Å²) in [7, 11) is 3.84. The molecule has 1 saturated heterocycles. The number of aromatic amines is 1. The van der Waals surface area contributed by atoms with E-state index in [1.165, 1.54) is 12.1 Å². The maximum Gasteiger partial charge on any atom is 0.416 e. The number of imidazole rings is 2.